The topological polar surface area (TPSA) is 40.5 Å². The Morgan fingerprint density at radius 3 is 1.93 bits per heavy atom. The molecule has 2 rings (SSSR count). The zero-order chi connectivity index (χ0) is 31.5. The van der Waals surface area contributed by atoms with Gasteiger partial charge >= 0.3 is 0 Å². The number of rotatable bonds is 12. The van der Waals surface area contributed by atoms with Gasteiger partial charge in [-0.05, 0) is 109 Å². The van der Waals surface area contributed by atoms with Gasteiger partial charge in [0.1, 0.15) is 0 Å². The molecule has 0 unspecified atom stereocenters. The van der Waals surface area contributed by atoms with Gasteiger partial charge in [0.05, 0.1) is 12.2 Å². The van der Waals surface area contributed by atoms with E-state index in [2.05, 4.69) is 130 Å². The number of hydrogen-bond acceptors (Lipinski definition) is 2. The Labute approximate surface area is 258 Å². The van der Waals surface area contributed by atoms with Crippen LogP contribution in [0.4, 0.5) is 0 Å². The highest BCUT2D eigenvalue weighted by Gasteiger charge is 2.32. The van der Waals surface area contributed by atoms with E-state index in [1.165, 1.54) is 39.0 Å². The van der Waals surface area contributed by atoms with Crippen molar-refractivity contribution in [3.8, 4) is 0 Å². The lowest BCUT2D eigenvalue weighted by molar-refractivity contribution is 0.113. The fourth-order valence-corrected chi connectivity index (χ4v) is 6.73. The molecule has 0 spiro atoms. The molecule has 0 heterocycles. The molecule has 0 aromatic heterocycles. The van der Waals surface area contributed by atoms with Crippen molar-refractivity contribution in [2.24, 2.45) is 10.8 Å². The van der Waals surface area contributed by atoms with E-state index in [4.69, 9.17) is 0 Å². The molecule has 2 N–H and O–H groups in total. The van der Waals surface area contributed by atoms with E-state index in [1.54, 1.807) is 5.57 Å². The third kappa shape index (κ3) is 12.1. The zero-order valence-corrected chi connectivity index (χ0v) is 28.5. The van der Waals surface area contributed by atoms with Crippen LogP contribution in [0.15, 0.2) is 105 Å². The van der Waals surface area contributed by atoms with Crippen molar-refractivity contribution in [3.63, 3.8) is 0 Å². The van der Waals surface area contributed by atoms with Crippen molar-refractivity contribution in [1.29, 1.82) is 0 Å². The third-order valence-corrected chi connectivity index (χ3v) is 8.98. The van der Waals surface area contributed by atoms with Crippen LogP contribution in [-0.2, 0) is 0 Å². The molecule has 2 heteroatoms. The van der Waals surface area contributed by atoms with Crippen LogP contribution in [0, 0.1) is 10.8 Å². The molecule has 42 heavy (non-hydrogen) atoms. The van der Waals surface area contributed by atoms with E-state index < -0.39 is 0 Å². The van der Waals surface area contributed by atoms with Crippen LogP contribution >= 0.6 is 0 Å². The van der Waals surface area contributed by atoms with Gasteiger partial charge in [0.25, 0.3) is 0 Å². The van der Waals surface area contributed by atoms with Crippen LogP contribution < -0.4 is 0 Å². The molecule has 2 aliphatic rings. The van der Waals surface area contributed by atoms with E-state index in [9.17, 15) is 10.2 Å². The van der Waals surface area contributed by atoms with Gasteiger partial charge in [0.2, 0.25) is 0 Å². The summed E-state index contributed by atoms with van der Waals surface area (Å²) in [5.41, 5.74) is 11.0. The van der Waals surface area contributed by atoms with Crippen molar-refractivity contribution in [2.45, 2.75) is 133 Å². The van der Waals surface area contributed by atoms with Crippen molar-refractivity contribution in [3.05, 3.63) is 105 Å². The molecule has 0 aromatic carbocycles. The molecule has 0 saturated heterocycles. The lowest BCUT2D eigenvalue weighted by Gasteiger charge is -2.37. The van der Waals surface area contributed by atoms with Gasteiger partial charge < -0.3 is 10.2 Å². The predicted molar refractivity (Wildman–Crippen MR) is 184 cm³/mol. The molecule has 0 aromatic rings. The van der Waals surface area contributed by atoms with Crippen LogP contribution in [-0.4, -0.2) is 22.4 Å². The summed E-state index contributed by atoms with van der Waals surface area (Å²) in [7, 11) is 0. The molecule has 0 bridgehead atoms. The van der Waals surface area contributed by atoms with Crippen molar-refractivity contribution < 1.29 is 10.2 Å². The van der Waals surface area contributed by atoms with E-state index in [-0.39, 0.29) is 23.0 Å². The predicted octanol–water partition coefficient (Wildman–Crippen LogP) is 11.0. The van der Waals surface area contributed by atoms with Gasteiger partial charge in [-0.1, -0.05) is 127 Å². The first kappa shape index (κ1) is 35.8. The highest BCUT2D eigenvalue weighted by Crippen LogP contribution is 2.43. The quantitative estimate of drug-likeness (QED) is 0.180. The monoisotopic (exact) mass is 572 g/mol. The Balaban J connectivity index is 1.81. The molecule has 0 radical (unpaired) electrons. The normalized spacial score (nSPS) is 24.7. The molecule has 0 fully saturated rings. The standard InChI is InChI=1S/C40H60O2/c1-29(17-13-19-31(3)21-23-37-33(5)25-35(41)27-39(37,7)8)15-11-12-16-30(2)18-14-20-32(4)22-24-38-34(6)26-36(42)28-40(38,9)10/h11-13,15-17,19-21,23,35-36,41-42H,14,18,22,24-28H2,1-10H3/b12-11+,17-13+,23-21+,29-15+,30-16+,31-19+,32-20+/t35-,36+/m1/s1. The molecule has 232 valence electrons. The largest absolute Gasteiger partial charge is 0.393 e. The van der Waals surface area contributed by atoms with Crippen LogP contribution in [0.2, 0.25) is 0 Å². The average molecular weight is 573 g/mol. The third-order valence-electron chi connectivity index (χ3n) is 8.98. The van der Waals surface area contributed by atoms with Gasteiger partial charge in [0.15, 0.2) is 0 Å². The second-order valence-electron chi connectivity index (χ2n) is 14.3. The molecule has 0 amide bonds. The summed E-state index contributed by atoms with van der Waals surface area (Å²) in [5.74, 6) is 0. The molecule has 0 saturated carbocycles. The first-order valence-corrected chi connectivity index (χ1v) is 16.1. The number of allylic oxidation sites excluding steroid dienone is 16. The summed E-state index contributed by atoms with van der Waals surface area (Å²) in [6, 6.07) is 0. The summed E-state index contributed by atoms with van der Waals surface area (Å²) in [4.78, 5) is 0. The van der Waals surface area contributed by atoms with Crippen LogP contribution in [0.25, 0.3) is 0 Å². The minimum atomic E-state index is -0.221. The van der Waals surface area contributed by atoms with E-state index >= 15 is 0 Å². The smallest absolute Gasteiger partial charge is 0.0585 e. The van der Waals surface area contributed by atoms with Crippen molar-refractivity contribution >= 4 is 0 Å². The van der Waals surface area contributed by atoms with Gasteiger partial charge in [-0.3, -0.25) is 0 Å². The molecular weight excluding hydrogens is 512 g/mol. The zero-order valence-electron chi connectivity index (χ0n) is 28.5. The van der Waals surface area contributed by atoms with E-state index in [1.807, 2.05) is 0 Å². The van der Waals surface area contributed by atoms with Gasteiger partial charge in [-0.15, -0.1) is 0 Å². The molecule has 2 nitrogen and oxygen atoms in total. The minimum Gasteiger partial charge on any atom is -0.393 e. The highest BCUT2D eigenvalue weighted by atomic mass is 16.3. The average Bonchev–Trinajstić information content (AvgIpc) is 2.84. The van der Waals surface area contributed by atoms with Crippen molar-refractivity contribution in [2.75, 3.05) is 0 Å². The van der Waals surface area contributed by atoms with Gasteiger partial charge in [0, 0.05) is 0 Å². The van der Waals surface area contributed by atoms with Gasteiger partial charge in [-0.2, -0.15) is 0 Å². The maximum absolute atomic E-state index is 10.1. The first-order chi connectivity index (χ1) is 19.6. The highest BCUT2D eigenvalue weighted by molar-refractivity contribution is 5.38. The van der Waals surface area contributed by atoms with Crippen molar-refractivity contribution in [1.82, 2.24) is 0 Å². The van der Waals surface area contributed by atoms with E-state index in [0.717, 1.165) is 51.4 Å². The summed E-state index contributed by atoms with van der Waals surface area (Å²) in [5, 5.41) is 20.2. The molecule has 0 aliphatic heterocycles. The summed E-state index contributed by atoms with van der Waals surface area (Å²) < 4.78 is 0. The SMILES string of the molecule is CC1=C(/C=C/C(C)=C/C=C/C(C)=C/C=C/C=C(\C)CC/C=C(\C)CCC2=C(C)C[C@H](O)CC2(C)C)C(C)(C)C[C@H](O)C1. The Hall–Kier alpha value is -2.42. The molecule has 2 atom stereocenters. The first-order valence-electron chi connectivity index (χ1n) is 16.1. The second-order valence-corrected chi connectivity index (χ2v) is 14.3. The van der Waals surface area contributed by atoms with Gasteiger partial charge in [-0.25, -0.2) is 0 Å². The molecule has 2 aliphatic carbocycles. The number of aliphatic hydroxyl groups is 2. The number of hydrogen-bond donors (Lipinski definition) is 2. The van der Waals surface area contributed by atoms with Crippen LogP contribution in [0.3, 0.4) is 0 Å². The molecular formula is C40H60O2. The Bertz CT molecular complexity index is 1200. The summed E-state index contributed by atoms with van der Waals surface area (Å²) in [6.45, 7) is 22.1. The minimum absolute atomic E-state index is 0.0123. The van der Waals surface area contributed by atoms with Crippen LogP contribution in [0.1, 0.15) is 121 Å². The summed E-state index contributed by atoms with van der Waals surface area (Å²) in [6.07, 6.45) is 29.2. The lowest BCUT2D eigenvalue weighted by Crippen LogP contribution is -2.29. The summed E-state index contributed by atoms with van der Waals surface area (Å²) >= 11 is 0. The Kier molecular flexibility index (Phi) is 14.0. The maximum Gasteiger partial charge on any atom is 0.0585 e. The fourth-order valence-electron chi connectivity index (χ4n) is 6.73. The number of aliphatic hydroxyl groups excluding tert-OH is 2. The second kappa shape index (κ2) is 16.4. The van der Waals surface area contributed by atoms with E-state index in [0.29, 0.717) is 0 Å². The maximum atomic E-state index is 10.1. The fraction of sp³-hybridized carbons (Fsp3) is 0.550. The lowest BCUT2D eigenvalue weighted by atomic mass is 9.70. The Morgan fingerprint density at radius 2 is 1.29 bits per heavy atom. The Morgan fingerprint density at radius 1 is 0.714 bits per heavy atom. The van der Waals surface area contributed by atoms with Crippen LogP contribution in [0.5, 0.6) is 0 Å².